The molecule has 1 atom stereocenters. The molecule has 0 aliphatic heterocycles. The number of rotatable bonds is 5. The highest BCUT2D eigenvalue weighted by atomic mass is 79.9. The number of amides is 1. The summed E-state index contributed by atoms with van der Waals surface area (Å²) >= 11 is 3.18. The van der Waals surface area contributed by atoms with Crippen molar-refractivity contribution in [1.82, 2.24) is 5.32 Å². The first-order valence-electron chi connectivity index (χ1n) is 4.22. The van der Waals surface area contributed by atoms with E-state index < -0.39 is 18.1 Å². The van der Waals surface area contributed by atoms with Gasteiger partial charge < -0.3 is 14.8 Å². The van der Waals surface area contributed by atoms with Crippen molar-refractivity contribution >= 4 is 28.0 Å². The van der Waals surface area contributed by atoms with Crippen LogP contribution in [0.25, 0.3) is 0 Å². The molecule has 0 rings (SSSR count). The Morgan fingerprint density at radius 2 is 2.14 bits per heavy atom. The summed E-state index contributed by atoms with van der Waals surface area (Å²) in [4.78, 5) is 22.1. The number of alkyl halides is 1. The van der Waals surface area contributed by atoms with Gasteiger partial charge in [0.2, 0.25) is 0 Å². The van der Waals surface area contributed by atoms with E-state index in [2.05, 4.69) is 26.0 Å². The van der Waals surface area contributed by atoms with Crippen LogP contribution in [0.15, 0.2) is 0 Å². The van der Waals surface area contributed by atoms with Gasteiger partial charge in [-0.2, -0.15) is 0 Å². The van der Waals surface area contributed by atoms with Crippen LogP contribution in [0, 0.1) is 0 Å². The minimum Gasteiger partial charge on any atom is -0.464 e. The van der Waals surface area contributed by atoms with E-state index in [-0.39, 0.29) is 0 Å². The van der Waals surface area contributed by atoms with Gasteiger partial charge in [0.25, 0.3) is 0 Å². The van der Waals surface area contributed by atoms with E-state index in [1.807, 2.05) is 0 Å². The van der Waals surface area contributed by atoms with Gasteiger partial charge in [-0.3, -0.25) is 0 Å². The minimum absolute atomic E-state index is 0.292. The van der Waals surface area contributed by atoms with Crippen LogP contribution in [0.3, 0.4) is 0 Å². The van der Waals surface area contributed by atoms with Gasteiger partial charge in [0.15, 0.2) is 0 Å². The number of carbonyl (C=O) groups excluding carboxylic acids is 2. The summed E-state index contributed by atoms with van der Waals surface area (Å²) in [6, 6.07) is -0.651. The SMILES string of the molecule is CCOC(=O)[C@H](CCBr)NC(=O)OC. The number of hydrogen-bond donors (Lipinski definition) is 1. The number of halogens is 1. The molecule has 0 spiro atoms. The molecule has 0 saturated carbocycles. The summed E-state index contributed by atoms with van der Waals surface area (Å²) in [5.74, 6) is -0.447. The second-order valence-electron chi connectivity index (χ2n) is 2.42. The van der Waals surface area contributed by atoms with Crippen molar-refractivity contribution in [3.63, 3.8) is 0 Å². The Labute approximate surface area is 91.3 Å². The maximum atomic E-state index is 11.3. The largest absolute Gasteiger partial charge is 0.464 e. The zero-order valence-corrected chi connectivity index (χ0v) is 9.80. The maximum Gasteiger partial charge on any atom is 0.407 e. The molecule has 0 aliphatic rings. The molecule has 6 heteroatoms. The Morgan fingerprint density at radius 3 is 2.57 bits per heavy atom. The number of carbonyl (C=O) groups is 2. The molecular formula is C8H14BrNO4. The van der Waals surface area contributed by atoms with Crippen molar-refractivity contribution in [3.8, 4) is 0 Å². The van der Waals surface area contributed by atoms with Crippen molar-refractivity contribution < 1.29 is 19.1 Å². The highest BCUT2D eigenvalue weighted by Gasteiger charge is 2.21. The van der Waals surface area contributed by atoms with E-state index in [1.165, 1.54) is 7.11 Å². The fraction of sp³-hybridized carbons (Fsp3) is 0.750. The lowest BCUT2D eigenvalue weighted by Gasteiger charge is -2.14. The molecule has 0 saturated heterocycles. The summed E-state index contributed by atoms with van der Waals surface area (Å²) in [5.41, 5.74) is 0. The topological polar surface area (TPSA) is 64.6 Å². The molecule has 0 aliphatic carbocycles. The molecule has 0 aromatic rings. The summed E-state index contributed by atoms with van der Waals surface area (Å²) in [5, 5.41) is 2.98. The molecule has 82 valence electrons. The third kappa shape index (κ3) is 5.06. The number of esters is 1. The van der Waals surface area contributed by atoms with Crippen LogP contribution in [0.1, 0.15) is 13.3 Å². The third-order valence-corrected chi connectivity index (χ3v) is 1.90. The van der Waals surface area contributed by atoms with Gasteiger partial charge in [0, 0.05) is 5.33 Å². The average Bonchev–Trinajstić information content (AvgIpc) is 2.17. The van der Waals surface area contributed by atoms with Gasteiger partial charge >= 0.3 is 12.1 Å². The second kappa shape index (κ2) is 7.61. The molecule has 0 heterocycles. The normalized spacial score (nSPS) is 11.6. The lowest BCUT2D eigenvalue weighted by atomic mass is 10.2. The van der Waals surface area contributed by atoms with Crippen LogP contribution >= 0.6 is 15.9 Å². The van der Waals surface area contributed by atoms with E-state index in [4.69, 9.17) is 4.74 Å². The predicted octanol–water partition coefficient (Wildman–Crippen LogP) is 1.06. The van der Waals surface area contributed by atoms with Crippen LogP contribution in [0.5, 0.6) is 0 Å². The van der Waals surface area contributed by atoms with E-state index in [1.54, 1.807) is 6.92 Å². The standard InChI is InChI=1S/C8H14BrNO4/c1-3-14-7(11)6(4-5-9)10-8(12)13-2/h6H,3-5H2,1-2H3,(H,10,12)/t6-/m0/s1. The van der Waals surface area contributed by atoms with Crippen LogP contribution < -0.4 is 5.32 Å². The van der Waals surface area contributed by atoms with Gasteiger partial charge in [-0.1, -0.05) is 15.9 Å². The van der Waals surface area contributed by atoms with Crippen molar-refractivity contribution in [2.45, 2.75) is 19.4 Å². The summed E-state index contributed by atoms with van der Waals surface area (Å²) in [6.45, 7) is 2.00. The molecule has 0 radical (unpaired) electrons. The van der Waals surface area contributed by atoms with Crippen molar-refractivity contribution in [2.75, 3.05) is 19.0 Å². The summed E-state index contributed by atoms with van der Waals surface area (Å²) in [7, 11) is 1.24. The number of nitrogens with one attached hydrogen (secondary N) is 1. The Hall–Kier alpha value is -0.780. The van der Waals surface area contributed by atoms with Crippen molar-refractivity contribution in [1.29, 1.82) is 0 Å². The molecule has 0 aromatic heterocycles. The summed E-state index contributed by atoms with van der Waals surface area (Å²) < 4.78 is 9.15. The molecule has 0 unspecified atom stereocenters. The van der Waals surface area contributed by atoms with Crippen LogP contribution in [0.2, 0.25) is 0 Å². The Kier molecular flexibility index (Phi) is 7.18. The van der Waals surface area contributed by atoms with Crippen LogP contribution in [-0.2, 0) is 14.3 Å². The molecule has 0 aromatic carbocycles. The Morgan fingerprint density at radius 1 is 1.50 bits per heavy atom. The highest BCUT2D eigenvalue weighted by Crippen LogP contribution is 1.99. The lowest BCUT2D eigenvalue weighted by molar-refractivity contribution is -0.145. The van der Waals surface area contributed by atoms with Crippen LogP contribution in [-0.4, -0.2) is 37.2 Å². The van der Waals surface area contributed by atoms with E-state index >= 15 is 0 Å². The van der Waals surface area contributed by atoms with Crippen molar-refractivity contribution in [2.24, 2.45) is 0 Å². The number of methoxy groups -OCH3 is 1. The van der Waals surface area contributed by atoms with E-state index in [9.17, 15) is 9.59 Å². The molecular weight excluding hydrogens is 254 g/mol. The van der Waals surface area contributed by atoms with E-state index in [0.29, 0.717) is 18.4 Å². The molecule has 0 bridgehead atoms. The fourth-order valence-electron chi connectivity index (χ4n) is 0.802. The fourth-order valence-corrected chi connectivity index (χ4v) is 1.26. The molecule has 5 nitrogen and oxygen atoms in total. The van der Waals surface area contributed by atoms with Gasteiger partial charge in [0.1, 0.15) is 6.04 Å². The Balaban J connectivity index is 4.13. The predicted molar refractivity (Wildman–Crippen MR) is 54.4 cm³/mol. The van der Waals surface area contributed by atoms with E-state index in [0.717, 1.165) is 0 Å². The second-order valence-corrected chi connectivity index (χ2v) is 3.21. The van der Waals surface area contributed by atoms with Gasteiger partial charge in [-0.25, -0.2) is 9.59 Å². The minimum atomic E-state index is -0.651. The van der Waals surface area contributed by atoms with Crippen molar-refractivity contribution in [3.05, 3.63) is 0 Å². The maximum absolute atomic E-state index is 11.3. The number of ether oxygens (including phenoxy) is 2. The first kappa shape index (κ1) is 13.2. The number of alkyl carbamates (subject to hydrolysis) is 1. The van der Waals surface area contributed by atoms with Gasteiger partial charge in [0.05, 0.1) is 13.7 Å². The quantitative estimate of drug-likeness (QED) is 0.598. The molecule has 0 fully saturated rings. The Bertz CT molecular complexity index is 198. The average molecular weight is 268 g/mol. The highest BCUT2D eigenvalue weighted by molar-refractivity contribution is 9.09. The zero-order valence-electron chi connectivity index (χ0n) is 8.21. The first-order chi connectivity index (χ1) is 6.65. The van der Waals surface area contributed by atoms with Gasteiger partial charge in [-0.15, -0.1) is 0 Å². The smallest absolute Gasteiger partial charge is 0.407 e. The van der Waals surface area contributed by atoms with Gasteiger partial charge in [-0.05, 0) is 13.3 Å². The molecule has 14 heavy (non-hydrogen) atoms. The third-order valence-electron chi connectivity index (χ3n) is 1.45. The van der Waals surface area contributed by atoms with Crippen LogP contribution in [0.4, 0.5) is 4.79 Å². The molecule has 1 amide bonds. The monoisotopic (exact) mass is 267 g/mol. The number of hydrogen-bond acceptors (Lipinski definition) is 4. The lowest BCUT2D eigenvalue weighted by Crippen LogP contribution is -2.42. The zero-order chi connectivity index (χ0) is 11.0. The molecule has 1 N–H and O–H groups in total. The summed E-state index contributed by atoms with van der Waals surface area (Å²) in [6.07, 6.45) is -0.169. The first-order valence-corrected chi connectivity index (χ1v) is 5.34.